The van der Waals surface area contributed by atoms with Gasteiger partial charge in [0, 0.05) is 35.2 Å². The zero-order chi connectivity index (χ0) is 20.2. The molecule has 146 valence electrons. The Balaban J connectivity index is 1.47. The van der Waals surface area contributed by atoms with Crippen LogP contribution in [0.5, 0.6) is 0 Å². The summed E-state index contributed by atoms with van der Waals surface area (Å²) in [5.74, 6) is 0.186. The average Bonchev–Trinajstić information content (AvgIpc) is 3.24. The van der Waals surface area contributed by atoms with E-state index in [9.17, 15) is 0 Å². The first kappa shape index (κ1) is 18.3. The first-order valence-electron chi connectivity index (χ1n) is 10.4. The normalized spacial score (nSPS) is 12.0. The van der Waals surface area contributed by atoms with Gasteiger partial charge in [-0.1, -0.05) is 91.0 Å². The molecule has 0 aliphatic rings. The van der Waals surface area contributed by atoms with Crippen LogP contribution in [-0.4, -0.2) is 4.98 Å². The van der Waals surface area contributed by atoms with Gasteiger partial charge in [-0.3, -0.25) is 0 Å². The summed E-state index contributed by atoms with van der Waals surface area (Å²) in [4.78, 5) is 3.45. The lowest BCUT2D eigenvalue weighted by Gasteiger charge is -2.19. The van der Waals surface area contributed by atoms with Gasteiger partial charge < -0.3 is 10.3 Å². The third kappa shape index (κ3) is 3.72. The van der Waals surface area contributed by atoms with E-state index in [1.165, 1.54) is 33.2 Å². The molecule has 0 amide bonds. The Hall–Kier alpha value is -3.78. The van der Waals surface area contributed by atoms with Crippen LogP contribution in [0, 0.1) is 0 Å². The van der Waals surface area contributed by atoms with Crippen molar-refractivity contribution in [3.63, 3.8) is 0 Å². The molecule has 0 bridgehead atoms. The van der Waals surface area contributed by atoms with Crippen LogP contribution < -0.4 is 5.32 Å². The predicted octanol–water partition coefficient (Wildman–Crippen LogP) is 6.96. The molecule has 30 heavy (non-hydrogen) atoms. The topological polar surface area (TPSA) is 27.8 Å². The second-order valence-electron chi connectivity index (χ2n) is 7.59. The number of hydrogen-bond donors (Lipinski definition) is 2. The molecule has 1 unspecified atom stereocenters. The first-order chi connectivity index (χ1) is 14.9. The average molecular weight is 389 g/mol. The Morgan fingerprint density at radius 3 is 2.03 bits per heavy atom. The van der Waals surface area contributed by atoms with Crippen LogP contribution in [0.1, 0.15) is 28.2 Å². The Bertz CT molecular complexity index is 1220. The van der Waals surface area contributed by atoms with E-state index >= 15 is 0 Å². The maximum absolute atomic E-state index is 3.53. The fourth-order valence-electron chi connectivity index (χ4n) is 4.12. The van der Waals surface area contributed by atoms with Crippen LogP contribution in [0.4, 0.5) is 5.69 Å². The molecule has 2 N–H and O–H groups in total. The van der Waals surface area contributed by atoms with E-state index in [1.807, 2.05) is 6.07 Å². The minimum Gasteiger partial charge on any atom is -0.381 e. The molecule has 4 aromatic carbocycles. The van der Waals surface area contributed by atoms with E-state index in [0.717, 1.165) is 12.2 Å². The van der Waals surface area contributed by atoms with Crippen molar-refractivity contribution in [2.75, 3.05) is 5.32 Å². The summed E-state index contributed by atoms with van der Waals surface area (Å²) in [6, 6.07) is 38.6. The first-order valence-corrected chi connectivity index (χ1v) is 10.4. The van der Waals surface area contributed by atoms with Crippen molar-refractivity contribution in [1.82, 2.24) is 4.98 Å². The molecular formula is C28H24N2. The molecule has 1 aromatic heterocycles. The van der Waals surface area contributed by atoms with Crippen LogP contribution in [0.3, 0.4) is 0 Å². The monoisotopic (exact) mass is 388 g/mol. The van der Waals surface area contributed by atoms with Crippen molar-refractivity contribution >= 4 is 16.6 Å². The summed E-state index contributed by atoms with van der Waals surface area (Å²) in [5.41, 5.74) is 7.48. The summed E-state index contributed by atoms with van der Waals surface area (Å²) in [5, 5.41) is 4.80. The molecule has 5 aromatic rings. The lowest BCUT2D eigenvalue weighted by molar-refractivity contribution is 0.987. The van der Waals surface area contributed by atoms with Crippen molar-refractivity contribution in [3.8, 4) is 0 Å². The molecule has 1 heterocycles. The van der Waals surface area contributed by atoms with Gasteiger partial charge in [0.05, 0.1) is 0 Å². The zero-order valence-electron chi connectivity index (χ0n) is 16.8. The highest BCUT2D eigenvalue weighted by Gasteiger charge is 2.20. The van der Waals surface area contributed by atoms with E-state index in [0.29, 0.717) is 0 Å². The van der Waals surface area contributed by atoms with Crippen LogP contribution in [-0.2, 0) is 6.54 Å². The Kier molecular flexibility index (Phi) is 5.05. The van der Waals surface area contributed by atoms with Gasteiger partial charge in [-0.2, -0.15) is 0 Å². The van der Waals surface area contributed by atoms with E-state index in [4.69, 9.17) is 0 Å². The summed E-state index contributed by atoms with van der Waals surface area (Å²) in [7, 11) is 0. The van der Waals surface area contributed by atoms with Crippen LogP contribution >= 0.6 is 0 Å². The van der Waals surface area contributed by atoms with Crippen LogP contribution in [0.15, 0.2) is 115 Å². The summed E-state index contributed by atoms with van der Waals surface area (Å²) in [6.07, 6.45) is 2.16. The third-order valence-corrected chi connectivity index (χ3v) is 5.65. The summed E-state index contributed by atoms with van der Waals surface area (Å²) >= 11 is 0. The second-order valence-corrected chi connectivity index (χ2v) is 7.59. The summed E-state index contributed by atoms with van der Waals surface area (Å²) in [6.45, 7) is 0.824. The Labute approximate surface area is 177 Å². The predicted molar refractivity (Wildman–Crippen MR) is 126 cm³/mol. The Morgan fingerprint density at radius 1 is 0.633 bits per heavy atom. The van der Waals surface area contributed by atoms with Gasteiger partial charge in [-0.05, 0) is 40.5 Å². The van der Waals surface area contributed by atoms with E-state index in [2.05, 4.69) is 120 Å². The molecule has 0 fully saturated rings. The molecular weight excluding hydrogens is 364 g/mol. The highest BCUT2D eigenvalue weighted by atomic mass is 14.9. The maximum Gasteiger partial charge on any atom is 0.0457 e. The molecule has 0 radical (unpaired) electrons. The number of anilines is 1. The number of nitrogens with one attached hydrogen (secondary N) is 2. The fraction of sp³-hybridized carbons (Fsp3) is 0.0714. The van der Waals surface area contributed by atoms with E-state index in [-0.39, 0.29) is 5.92 Å². The number of H-pyrrole nitrogens is 1. The maximum atomic E-state index is 3.53. The van der Waals surface area contributed by atoms with Crippen molar-refractivity contribution in [2.45, 2.75) is 12.5 Å². The van der Waals surface area contributed by atoms with Crippen LogP contribution in [0.2, 0.25) is 0 Å². The highest BCUT2D eigenvalue weighted by Crippen LogP contribution is 2.36. The molecule has 0 spiro atoms. The van der Waals surface area contributed by atoms with Crippen molar-refractivity contribution in [1.29, 1.82) is 0 Å². The van der Waals surface area contributed by atoms with Crippen molar-refractivity contribution in [3.05, 3.63) is 138 Å². The molecule has 1 atom stereocenters. The number of fused-ring (bicyclic) bond motifs is 1. The lowest BCUT2D eigenvalue weighted by atomic mass is 9.85. The zero-order valence-corrected chi connectivity index (χ0v) is 16.8. The second kappa shape index (κ2) is 8.30. The molecule has 2 nitrogen and oxygen atoms in total. The van der Waals surface area contributed by atoms with Gasteiger partial charge in [0.2, 0.25) is 0 Å². The van der Waals surface area contributed by atoms with E-state index < -0.39 is 0 Å². The van der Waals surface area contributed by atoms with Gasteiger partial charge in [0.1, 0.15) is 0 Å². The minimum atomic E-state index is 0.186. The number of hydrogen-bond acceptors (Lipinski definition) is 1. The van der Waals surface area contributed by atoms with Gasteiger partial charge in [0.25, 0.3) is 0 Å². The number of benzene rings is 4. The minimum absolute atomic E-state index is 0.186. The molecule has 5 rings (SSSR count). The largest absolute Gasteiger partial charge is 0.381 e. The van der Waals surface area contributed by atoms with Crippen LogP contribution in [0.25, 0.3) is 10.9 Å². The molecule has 0 saturated heterocycles. The molecule has 0 aliphatic heterocycles. The number of aromatic nitrogens is 1. The molecule has 0 aliphatic carbocycles. The highest BCUT2D eigenvalue weighted by molar-refractivity contribution is 5.84. The van der Waals surface area contributed by atoms with Gasteiger partial charge in [-0.25, -0.2) is 0 Å². The molecule has 2 heteroatoms. The summed E-state index contributed by atoms with van der Waals surface area (Å²) < 4.78 is 0. The SMILES string of the molecule is c1ccc(CNc2ccc(C(c3ccccc3)c3c[nH]c4ccccc34)cc2)cc1. The number of para-hydroxylation sites is 1. The van der Waals surface area contributed by atoms with Crippen molar-refractivity contribution in [2.24, 2.45) is 0 Å². The van der Waals surface area contributed by atoms with Gasteiger partial charge in [0.15, 0.2) is 0 Å². The third-order valence-electron chi connectivity index (χ3n) is 5.65. The quantitative estimate of drug-likeness (QED) is 0.323. The number of rotatable bonds is 6. The van der Waals surface area contributed by atoms with Gasteiger partial charge in [-0.15, -0.1) is 0 Å². The molecule has 0 saturated carbocycles. The van der Waals surface area contributed by atoms with Crippen molar-refractivity contribution < 1.29 is 0 Å². The Morgan fingerprint density at radius 2 is 1.27 bits per heavy atom. The number of aromatic amines is 1. The fourth-order valence-corrected chi connectivity index (χ4v) is 4.12. The smallest absolute Gasteiger partial charge is 0.0457 e. The lowest BCUT2D eigenvalue weighted by Crippen LogP contribution is -2.04. The van der Waals surface area contributed by atoms with E-state index in [1.54, 1.807) is 0 Å². The standard InChI is InChI=1S/C28H24N2/c1-3-9-21(10-4-1)19-29-24-17-15-23(16-18-24)28(22-11-5-2-6-12-22)26-20-30-27-14-8-7-13-25(26)27/h1-18,20,28-30H,19H2. The van der Waals surface area contributed by atoms with Gasteiger partial charge >= 0.3 is 0 Å².